The molecular weight excluding hydrogens is 193 g/mol. The number of hydrazine groups is 1. The van der Waals surface area contributed by atoms with Gasteiger partial charge < -0.3 is 0 Å². The summed E-state index contributed by atoms with van der Waals surface area (Å²) in [6, 6.07) is 0. The molecule has 0 atom stereocenters. The van der Waals surface area contributed by atoms with Crippen LogP contribution in [-0.2, 0) is 0 Å². The van der Waals surface area contributed by atoms with Crippen molar-refractivity contribution in [2.45, 2.75) is 5.79 Å². The zero-order valence-electron chi connectivity index (χ0n) is 3.16. The van der Waals surface area contributed by atoms with E-state index in [9.17, 15) is 0 Å². The fourth-order valence-corrected chi connectivity index (χ4v) is 0.528. The topological polar surface area (TPSA) is 69.9 Å². The molecule has 0 saturated carbocycles. The van der Waals surface area contributed by atoms with Crippen molar-refractivity contribution in [2.75, 3.05) is 4.43 Å². The molecule has 1 heterocycles. The lowest BCUT2D eigenvalue weighted by atomic mass is 10.6. The Morgan fingerprint density at radius 3 is 2.17 bits per heavy atom. The zero-order chi connectivity index (χ0) is 4.62. The lowest BCUT2D eigenvalue weighted by Crippen LogP contribution is -2.31. The van der Waals surface area contributed by atoms with Gasteiger partial charge in [-0.05, 0) is 0 Å². The zero-order valence-corrected chi connectivity index (χ0v) is 5.32. The molecule has 3 nitrogen and oxygen atoms in total. The summed E-state index contributed by atoms with van der Waals surface area (Å²) in [5.41, 5.74) is 11.0. The van der Waals surface area contributed by atoms with Gasteiger partial charge >= 0.3 is 0 Å². The lowest BCUT2D eigenvalue weighted by Gasteiger charge is -1.91. The Labute approximate surface area is 49.8 Å². The molecule has 0 aromatic heterocycles. The van der Waals surface area contributed by atoms with Gasteiger partial charge in [-0.25, -0.2) is 10.9 Å². The standard InChI is InChI=1S/C2H6IN3/c3-1-2(4)5-6-2/h5-6H,1,4H2. The Bertz CT molecular complexity index is 59.8. The van der Waals surface area contributed by atoms with Crippen LogP contribution in [0.5, 0.6) is 0 Å². The monoisotopic (exact) mass is 199 g/mol. The first-order valence-electron chi connectivity index (χ1n) is 1.66. The van der Waals surface area contributed by atoms with Crippen LogP contribution in [0.3, 0.4) is 0 Å². The molecular formula is C2H6IN3. The first kappa shape index (κ1) is 4.76. The summed E-state index contributed by atoms with van der Waals surface area (Å²) in [6.07, 6.45) is 0. The Balaban J connectivity index is 2.28. The number of hydrogen-bond donors (Lipinski definition) is 3. The minimum absolute atomic E-state index is 0.222. The number of nitrogens with two attached hydrogens (primary N) is 1. The summed E-state index contributed by atoms with van der Waals surface area (Å²) in [5.74, 6) is -0.222. The van der Waals surface area contributed by atoms with Crippen LogP contribution in [-0.4, -0.2) is 10.2 Å². The van der Waals surface area contributed by atoms with Gasteiger partial charge in [0.05, 0.1) is 0 Å². The second-order valence-electron chi connectivity index (χ2n) is 1.35. The van der Waals surface area contributed by atoms with E-state index in [4.69, 9.17) is 5.73 Å². The van der Waals surface area contributed by atoms with E-state index in [1.165, 1.54) is 0 Å². The first-order chi connectivity index (χ1) is 2.77. The molecule has 36 valence electrons. The largest absolute Gasteiger partial charge is 0.298 e. The minimum Gasteiger partial charge on any atom is -0.298 e. The highest BCUT2D eigenvalue weighted by atomic mass is 127. The Hall–Kier alpha value is 0.610. The summed E-state index contributed by atoms with van der Waals surface area (Å²) in [6.45, 7) is 0. The molecule has 1 fully saturated rings. The van der Waals surface area contributed by atoms with Gasteiger partial charge in [0.25, 0.3) is 0 Å². The number of halogens is 1. The van der Waals surface area contributed by atoms with Crippen molar-refractivity contribution in [1.29, 1.82) is 0 Å². The quantitative estimate of drug-likeness (QED) is 0.292. The second-order valence-corrected chi connectivity index (χ2v) is 2.12. The van der Waals surface area contributed by atoms with E-state index in [0.29, 0.717) is 0 Å². The van der Waals surface area contributed by atoms with Gasteiger partial charge in [-0.2, -0.15) is 0 Å². The molecule has 0 aromatic rings. The average molecular weight is 199 g/mol. The highest BCUT2D eigenvalue weighted by molar-refractivity contribution is 14.1. The van der Waals surface area contributed by atoms with Crippen molar-refractivity contribution in [3.63, 3.8) is 0 Å². The van der Waals surface area contributed by atoms with Crippen LogP contribution in [0.4, 0.5) is 0 Å². The third-order valence-electron chi connectivity index (χ3n) is 0.657. The summed E-state index contributed by atoms with van der Waals surface area (Å²) >= 11 is 2.21. The van der Waals surface area contributed by atoms with E-state index in [2.05, 4.69) is 33.4 Å². The van der Waals surface area contributed by atoms with Crippen LogP contribution in [0.15, 0.2) is 0 Å². The molecule has 0 unspecified atom stereocenters. The van der Waals surface area contributed by atoms with Crippen LogP contribution in [0.1, 0.15) is 0 Å². The highest BCUT2D eigenvalue weighted by Crippen LogP contribution is 2.02. The maximum atomic E-state index is 5.42. The molecule has 0 aromatic carbocycles. The molecule has 1 saturated heterocycles. The molecule has 1 aliphatic heterocycles. The van der Waals surface area contributed by atoms with Crippen molar-refractivity contribution in [3.05, 3.63) is 0 Å². The van der Waals surface area contributed by atoms with E-state index in [0.717, 1.165) is 4.43 Å². The van der Waals surface area contributed by atoms with Gasteiger partial charge in [-0.3, -0.25) is 5.73 Å². The van der Waals surface area contributed by atoms with Gasteiger partial charge in [0.2, 0.25) is 0 Å². The maximum absolute atomic E-state index is 5.42. The van der Waals surface area contributed by atoms with Crippen molar-refractivity contribution in [3.8, 4) is 0 Å². The number of hydrogen-bond acceptors (Lipinski definition) is 3. The minimum atomic E-state index is -0.222. The van der Waals surface area contributed by atoms with Crippen LogP contribution >= 0.6 is 22.6 Å². The van der Waals surface area contributed by atoms with Crippen LogP contribution in [0.25, 0.3) is 0 Å². The fourth-order valence-electron chi connectivity index (χ4n) is 0.147. The van der Waals surface area contributed by atoms with Crippen LogP contribution in [0.2, 0.25) is 0 Å². The van der Waals surface area contributed by atoms with Crippen molar-refractivity contribution in [2.24, 2.45) is 5.73 Å². The van der Waals surface area contributed by atoms with Gasteiger partial charge in [0.15, 0.2) is 5.79 Å². The Morgan fingerprint density at radius 2 is 2.17 bits per heavy atom. The number of rotatable bonds is 1. The Kier molecular flexibility index (Phi) is 1.02. The highest BCUT2D eigenvalue weighted by Gasteiger charge is 2.35. The molecule has 1 rings (SSSR count). The molecule has 0 bridgehead atoms. The summed E-state index contributed by atoms with van der Waals surface area (Å²) in [5, 5.41) is 0. The third kappa shape index (κ3) is 0.810. The lowest BCUT2D eigenvalue weighted by molar-refractivity contribution is 0.739. The van der Waals surface area contributed by atoms with Crippen molar-refractivity contribution in [1.82, 2.24) is 10.9 Å². The predicted molar refractivity (Wildman–Crippen MR) is 32.1 cm³/mol. The van der Waals surface area contributed by atoms with Crippen molar-refractivity contribution >= 4 is 22.6 Å². The molecule has 0 amide bonds. The van der Waals surface area contributed by atoms with E-state index < -0.39 is 0 Å². The molecule has 1 aliphatic rings. The maximum Gasteiger partial charge on any atom is 0.155 e. The normalized spacial score (nSPS) is 27.0. The third-order valence-corrected chi connectivity index (χ3v) is 1.86. The number of nitrogens with one attached hydrogen (secondary N) is 2. The molecule has 6 heavy (non-hydrogen) atoms. The van der Waals surface area contributed by atoms with E-state index in [1.54, 1.807) is 0 Å². The van der Waals surface area contributed by atoms with E-state index in [-0.39, 0.29) is 5.79 Å². The molecule has 0 spiro atoms. The molecule has 4 heteroatoms. The summed E-state index contributed by atoms with van der Waals surface area (Å²) in [7, 11) is 0. The summed E-state index contributed by atoms with van der Waals surface area (Å²) < 4.78 is 0.908. The molecule has 4 N–H and O–H groups in total. The fraction of sp³-hybridized carbons (Fsp3) is 1.00. The first-order valence-corrected chi connectivity index (χ1v) is 3.19. The molecule has 0 radical (unpaired) electrons. The van der Waals surface area contributed by atoms with E-state index in [1.807, 2.05) is 0 Å². The smallest absolute Gasteiger partial charge is 0.155 e. The van der Waals surface area contributed by atoms with Gasteiger partial charge in [0.1, 0.15) is 0 Å². The van der Waals surface area contributed by atoms with Crippen LogP contribution < -0.4 is 16.6 Å². The predicted octanol–water partition coefficient (Wildman–Crippen LogP) is -0.858. The second kappa shape index (κ2) is 1.29. The van der Waals surface area contributed by atoms with Gasteiger partial charge in [-0.15, -0.1) is 0 Å². The van der Waals surface area contributed by atoms with Gasteiger partial charge in [-0.1, -0.05) is 22.6 Å². The van der Waals surface area contributed by atoms with E-state index >= 15 is 0 Å². The summed E-state index contributed by atoms with van der Waals surface area (Å²) in [4.78, 5) is 0. The SMILES string of the molecule is NC1(CI)NN1. The average Bonchev–Trinajstić information content (AvgIpc) is 2.22. The van der Waals surface area contributed by atoms with Crippen LogP contribution in [0, 0.1) is 0 Å². The van der Waals surface area contributed by atoms with Crippen molar-refractivity contribution < 1.29 is 0 Å². The number of alkyl halides is 1. The Morgan fingerprint density at radius 1 is 1.67 bits per heavy atom. The molecule has 0 aliphatic carbocycles. The van der Waals surface area contributed by atoms with Gasteiger partial charge in [0, 0.05) is 4.43 Å².